The number of aromatic nitrogens is 4. The first-order chi connectivity index (χ1) is 21.2. The van der Waals surface area contributed by atoms with Gasteiger partial charge in [0.1, 0.15) is 23.7 Å². The van der Waals surface area contributed by atoms with Crippen LogP contribution in [0.2, 0.25) is 0 Å². The van der Waals surface area contributed by atoms with Gasteiger partial charge in [-0.2, -0.15) is 0 Å². The SMILES string of the molecule is COC(=O)[C@H](CC(=O)OC(C)(C)C)NC(=O)[C@@H](NC(=O)[C@H](CCc1nnnn1C)NC(=O)c1cccc2ccccc12)C(C)C. The van der Waals surface area contributed by atoms with Crippen LogP contribution in [0.25, 0.3) is 10.8 Å². The average molecular weight is 624 g/mol. The standard InChI is InChI=1S/C31H41N7O7/c1-18(2)26(29(42)33-23(30(43)44-7)17-25(39)45-31(3,4)5)34-28(41)22(15-16-24-35-36-37-38(24)6)32-27(40)21-14-10-12-19-11-8-9-13-20(19)21/h8-14,18,22-23,26H,15-17H2,1-7H3,(H,32,40)(H,33,42)(H,34,41)/t22-,23-,26-/m0/s1. The third-order valence-electron chi connectivity index (χ3n) is 6.86. The summed E-state index contributed by atoms with van der Waals surface area (Å²) in [6.07, 6.45) is -0.105. The molecule has 14 heteroatoms. The molecular formula is C31H41N7O7. The minimum Gasteiger partial charge on any atom is -0.467 e. The Bertz CT molecular complexity index is 1520. The molecule has 3 atom stereocenters. The van der Waals surface area contributed by atoms with Gasteiger partial charge in [-0.1, -0.05) is 50.2 Å². The Kier molecular flexibility index (Phi) is 11.7. The van der Waals surface area contributed by atoms with Crippen molar-refractivity contribution in [3.63, 3.8) is 0 Å². The second-order valence-electron chi connectivity index (χ2n) is 11.9. The Labute approximate surface area is 261 Å². The van der Waals surface area contributed by atoms with Crippen molar-refractivity contribution in [1.82, 2.24) is 36.2 Å². The number of hydrogen-bond acceptors (Lipinski definition) is 10. The minimum absolute atomic E-state index is 0.117. The van der Waals surface area contributed by atoms with Crippen molar-refractivity contribution in [2.24, 2.45) is 13.0 Å². The maximum atomic E-state index is 13.7. The Balaban J connectivity index is 1.82. The number of carbonyl (C=O) groups is 5. The van der Waals surface area contributed by atoms with Crippen LogP contribution < -0.4 is 16.0 Å². The van der Waals surface area contributed by atoms with Crippen molar-refractivity contribution in [2.75, 3.05) is 7.11 Å². The van der Waals surface area contributed by atoms with Crippen molar-refractivity contribution < 1.29 is 33.4 Å². The molecule has 0 fully saturated rings. The number of rotatable bonds is 13. The minimum atomic E-state index is -1.35. The highest BCUT2D eigenvalue weighted by Gasteiger charge is 2.34. The zero-order valence-electron chi connectivity index (χ0n) is 26.6. The monoisotopic (exact) mass is 623 g/mol. The molecule has 45 heavy (non-hydrogen) atoms. The van der Waals surface area contributed by atoms with E-state index >= 15 is 0 Å². The van der Waals surface area contributed by atoms with Crippen LogP contribution in [0, 0.1) is 5.92 Å². The molecule has 1 aromatic heterocycles. The first kappa shape index (κ1) is 34.6. The molecule has 2 aromatic carbocycles. The van der Waals surface area contributed by atoms with Crippen LogP contribution in [0.3, 0.4) is 0 Å². The molecule has 242 valence electrons. The molecule has 14 nitrogen and oxygen atoms in total. The van der Waals surface area contributed by atoms with Gasteiger partial charge in [0, 0.05) is 19.0 Å². The van der Waals surface area contributed by atoms with E-state index in [-0.39, 0.29) is 12.8 Å². The van der Waals surface area contributed by atoms with Crippen LogP contribution in [-0.4, -0.2) is 80.7 Å². The molecule has 0 aliphatic heterocycles. The van der Waals surface area contributed by atoms with Gasteiger partial charge in [-0.05, 0) is 60.4 Å². The molecule has 3 aromatic rings. The van der Waals surface area contributed by atoms with Crippen LogP contribution in [0.5, 0.6) is 0 Å². The summed E-state index contributed by atoms with van der Waals surface area (Å²) in [4.78, 5) is 65.5. The summed E-state index contributed by atoms with van der Waals surface area (Å²) in [6, 6.07) is 9.14. The summed E-state index contributed by atoms with van der Waals surface area (Å²) in [5.74, 6) is -3.32. The van der Waals surface area contributed by atoms with Crippen LogP contribution in [0.4, 0.5) is 0 Å². The van der Waals surface area contributed by atoms with Crippen LogP contribution >= 0.6 is 0 Å². The van der Waals surface area contributed by atoms with E-state index in [0.717, 1.165) is 12.5 Å². The summed E-state index contributed by atoms with van der Waals surface area (Å²) in [6.45, 7) is 8.45. The number of amides is 3. The van der Waals surface area contributed by atoms with E-state index in [0.29, 0.717) is 16.8 Å². The van der Waals surface area contributed by atoms with E-state index in [1.807, 2.05) is 30.3 Å². The number of carbonyl (C=O) groups excluding carboxylic acids is 5. The number of esters is 2. The Morgan fingerprint density at radius 1 is 0.911 bits per heavy atom. The van der Waals surface area contributed by atoms with Gasteiger partial charge in [-0.3, -0.25) is 19.2 Å². The number of fused-ring (bicyclic) bond motifs is 1. The van der Waals surface area contributed by atoms with E-state index in [2.05, 4.69) is 31.5 Å². The predicted molar refractivity (Wildman–Crippen MR) is 163 cm³/mol. The summed E-state index contributed by atoms with van der Waals surface area (Å²) >= 11 is 0. The summed E-state index contributed by atoms with van der Waals surface area (Å²) in [5.41, 5.74) is -0.421. The predicted octanol–water partition coefficient (Wildman–Crippen LogP) is 1.62. The first-order valence-corrected chi connectivity index (χ1v) is 14.6. The summed E-state index contributed by atoms with van der Waals surface area (Å²) in [7, 11) is 2.79. The van der Waals surface area contributed by atoms with Crippen LogP contribution in [-0.2, 0) is 42.1 Å². The Morgan fingerprint density at radius 3 is 2.22 bits per heavy atom. The first-order valence-electron chi connectivity index (χ1n) is 14.6. The zero-order valence-corrected chi connectivity index (χ0v) is 26.6. The summed E-state index contributed by atoms with van der Waals surface area (Å²) < 4.78 is 11.5. The lowest BCUT2D eigenvalue weighted by molar-refractivity contribution is -0.159. The second kappa shape index (κ2) is 15.2. The topological polar surface area (TPSA) is 184 Å². The molecule has 3 amide bonds. The molecule has 3 rings (SSSR count). The van der Waals surface area contributed by atoms with E-state index in [1.165, 1.54) is 4.68 Å². The van der Waals surface area contributed by atoms with Crippen molar-refractivity contribution in [1.29, 1.82) is 0 Å². The molecule has 1 heterocycles. The van der Waals surface area contributed by atoms with Gasteiger partial charge in [0.25, 0.3) is 5.91 Å². The Hall–Kier alpha value is -4.88. The van der Waals surface area contributed by atoms with Gasteiger partial charge < -0.3 is 25.4 Å². The van der Waals surface area contributed by atoms with Gasteiger partial charge in [0.15, 0.2) is 5.82 Å². The smallest absolute Gasteiger partial charge is 0.328 e. The lowest BCUT2D eigenvalue weighted by Gasteiger charge is -2.27. The fourth-order valence-corrected chi connectivity index (χ4v) is 4.60. The molecular weight excluding hydrogens is 582 g/mol. The number of nitrogens with one attached hydrogen (secondary N) is 3. The molecule has 0 spiro atoms. The van der Waals surface area contributed by atoms with Crippen molar-refractivity contribution in [2.45, 2.75) is 77.6 Å². The molecule has 0 radical (unpaired) electrons. The van der Waals surface area contributed by atoms with Gasteiger partial charge in [-0.25, -0.2) is 9.48 Å². The van der Waals surface area contributed by atoms with Crippen LogP contribution in [0.15, 0.2) is 42.5 Å². The zero-order chi connectivity index (χ0) is 33.3. The van der Waals surface area contributed by atoms with Crippen molar-refractivity contribution >= 4 is 40.4 Å². The maximum absolute atomic E-state index is 13.7. The second-order valence-corrected chi connectivity index (χ2v) is 11.9. The number of methoxy groups -OCH3 is 1. The Morgan fingerprint density at radius 2 is 1.60 bits per heavy atom. The highest BCUT2D eigenvalue weighted by molar-refractivity contribution is 6.08. The number of ether oxygens (including phenoxy) is 2. The fourth-order valence-electron chi connectivity index (χ4n) is 4.60. The number of tetrazole rings is 1. The summed E-state index contributed by atoms with van der Waals surface area (Å²) in [5, 5.41) is 21.0. The number of aryl methyl sites for hydroxylation is 2. The number of benzene rings is 2. The molecule has 0 bridgehead atoms. The number of hydrogen-bond donors (Lipinski definition) is 3. The quantitative estimate of drug-likeness (QED) is 0.237. The lowest BCUT2D eigenvalue weighted by Crippen LogP contribution is -2.57. The van der Waals surface area contributed by atoms with Gasteiger partial charge in [-0.15, -0.1) is 5.10 Å². The van der Waals surface area contributed by atoms with Gasteiger partial charge >= 0.3 is 11.9 Å². The van der Waals surface area contributed by atoms with Crippen LogP contribution in [0.1, 0.15) is 63.6 Å². The van der Waals surface area contributed by atoms with E-state index < -0.39 is 65.7 Å². The van der Waals surface area contributed by atoms with E-state index in [9.17, 15) is 24.0 Å². The normalized spacial score (nSPS) is 13.4. The molecule has 0 saturated carbocycles. The van der Waals surface area contributed by atoms with Crippen molar-refractivity contribution in [3.05, 3.63) is 53.9 Å². The molecule has 0 aliphatic carbocycles. The third-order valence-corrected chi connectivity index (χ3v) is 6.86. The average Bonchev–Trinajstić information content (AvgIpc) is 3.39. The van der Waals surface area contributed by atoms with E-state index in [1.54, 1.807) is 53.8 Å². The lowest BCUT2D eigenvalue weighted by atomic mass is 10.0. The molecule has 0 unspecified atom stereocenters. The molecule has 3 N–H and O–H groups in total. The molecule has 0 saturated heterocycles. The highest BCUT2D eigenvalue weighted by atomic mass is 16.6. The number of nitrogens with zero attached hydrogens (tertiary/aromatic N) is 4. The largest absolute Gasteiger partial charge is 0.467 e. The maximum Gasteiger partial charge on any atom is 0.328 e. The highest BCUT2D eigenvalue weighted by Crippen LogP contribution is 2.19. The molecule has 0 aliphatic rings. The van der Waals surface area contributed by atoms with Crippen molar-refractivity contribution in [3.8, 4) is 0 Å². The fraction of sp³-hybridized carbons (Fsp3) is 0.484. The third kappa shape index (κ3) is 9.81. The van der Waals surface area contributed by atoms with E-state index in [4.69, 9.17) is 9.47 Å². The van der Waals surface area contributed by atoms with Gasteiger partial charge in [0.05, 0.1) is 13.5 Å². The van der Waals surface area contributed by atoms with Gasteiger partial charge in [0.2, 0.25) is 11.8 Å².